The SMILES string of the molecule is N#Cc1cccc2c3c(-c4cccc5c4c4ccccc4n5-c4cc(-c5ccccc5)ccc4C4N=C(c5ccccc5)N=C(c5ccccc5)N4)cccc3n(-c3ccccc3)c12. The molecule has 1 aliphatic heterocycles. The second kappa shape index (κ2) is 15.3. The summed E-state index contributed by atoms with van der Waals surface area (Å²) in [5.74, 6) is 1.44. The molecule has 6 nitrogen and oxygen atoms in total. The number of amidine groups is 2. The second-order valence-corrected chi connectivity index (χ2v) is 16.1. The van der Waals surface area contributed by atoms with Crippen molar-refractivity contribution in [2.45, 2.75) is 6.17 Å². The predicted molar refractivity (Wildman–Crippen MR) is 263 cm³/mol. The molecule has 0 saturated carbocycles. The minimum Gasteiger partial charge on any atom is -0.344 e. The first-order valence-corrected chi connectivity index (χ1v) is 21.5. The standard InChI is InChI=1S/C58H38N6/c59-37-42-24-15-30-48-54-45(29-16-32-50(54)63(55(42)48)43-25-11-4-12-26-43)44-28-17-33-51-53(44)46-27-13-14-31-49(46)64(51)52-36-41(38-18-5-1-6-19-38)34-35-47(52)58-61-56(39-20-7-2-8-21-39)60-57(62-58)40-22-9-3-10-23-40/h1-36,58H,(H,60,61,62). The maximum atomic E-state index is 10.5. The van der Waals surface area contributed by atoms with Gasteiger partial charge in [0.1, 0.15) is 18.1 Å². The van der Waals surface area contributed by atoms with Gasteiger partial charge in [-0.05, 0) is 64.7 Å². The van der Waals surface area contributed by atoms with Crippen molar-refractivity contribution in [2.75, 3.05) is 0 Å². The van der Waals surface area contributed by atoms with Gasteiger partial charge < -0.3 is 14.5 Å². The van der Waals surface area contributed by atoms with E-state index in [4.69, 9.17) is 9.98 Å². The lowest BCUT2D eigenvalue weighted by Gasteiger charge is -2.26. The molecule has 0 amide bonds. The molecule has 0 saturated heterocycles. The monoisotopic (exact) mass is 818 g/mol. The maximum Gasteiger partial charge on any atom is 0.159 e. The van der Waals surface area contributed by atoms with Gasteiger partial charge in [-0.2, -0.15) is 5.26 Å². The Labute approximate surface area is 370 Å². The summed E-state index contributed by atoms with van der Waals surface area (Å²) in [4.78, 5) is 10.5. The molecule has 64 heavy (non-hydrogen) atoms. The zero-order chi connectivity index (χ0) is 42.6. The van der Waals surface area contributed by atoms with E-state index in [1.165, 1.54) is 0 Å². The van der Waals surface area contributed by atoms with E-state index in [2.05, 4.69) is 172 Å². The number of aromatic nitrogens is 2. The predicted octanol–water partition coefficient (Wildman–Crippen LogP) is 13.6. The molecule has 2 aromatic heterocycles. The van der Waals surface area contributed by atoms with E-state index in [1.807, 2.05) is 66.7 Å². The zero-order valence-corrected chi connectivity index (χ0v) is 34.6. The molecule has 6 heteroatoms. The number of para-hydroxylation sites is 3. The Morgan fingerprint density at radius 2 is 1.03 bits per heavy atom. The van der Waals surface area contributed by atoms with Gasteiger partial charge in [0, 0.05) is 43.9 Å². The van der Waals surface area contributed by atoms with E-state index in [-0.39, 0.29) is 0 Å². The molecule has 1 unspecified atom stereocenters. The van der Waals surface area contributed by atoms with Gasteiger partial charge in [-0.15, -0.1) is 0 Å². The van der Waals surface area contributed by atoms with E-state index in [9.17, 15) is 5.26 Å². The minimum atomic E-state index is -0.464. The number of hydrogen-bond acceptors (Lipinski definition) is 4. The highest BCUT2D eigenvalue weighted by atomic mass is 15.2. The highest BCUT2D eigenvalue weighted by molar-refractivity contribution is 6.23. The number of hydrogen-bond donors (Lipinski definition) is 1. The maximum absolute atomic E-state index is 10.5. The Balaban J connectivity index is 1.13. The molecule has 0 bridgehead atoms. The number of nitriles is 1. The summed E-state index contributed by atoms with van der Waals surface area (Å²) in [6.07, 6.45) is -0.464. The van der Waals surface area contributed by atoms with Crippen molar-refractivity contribution in [1.29, 1.82) is 5.26 Å². The normalized spacial score (nSPS) is 13.8. The molecular weight excluding hydrogens is 781 g/mol. The molecule has 1 atom stereocenters. The highest BCUT2D eigenvalue weighted by Gasteiger charge is 2.27. The molecule has 0 spiro atoms. The quantitative estimate of drug-likeness (QED) is 0.174. The lowest BCUT2D eigenvalue weighted by atomic mass is 9.95. The molecule has 0 aliphatic carbocycles. The third-order valence-corrected chi connectivity index (χ3v) is 12.4. The van der Waals surface area contributed by atoms with Gasteiger partial charge >= 0.3 is 0 Å². The van der Waals surface area contributed by atoms with Crippen LogP contribution in [0.25, 0.3) is 77.2 Å². The molecule has 1 N–H and O–H groups in total. The highest BCUT2D eigenvalue weighted by Crippen LogP contribution is 2.45. The van der Waals surface area contributed by atoms with Crippen molar-refractivity contribution in [3.05, 3.63) is 241 Å². The fraction of sp³-hybridized carbons (Fsp3) is 0.0172. The molecule has 300 valence electrons. The van der Waals surface area contributed by atoms with Gasteiger partial charge in [0.15, 0.2) is 5.84 Å². The Bertz CT molecular complexity index is 3690. The Morgan fingerprint density at radius 3 is 1.73 bits per heavy atom. The number of benzene rings is 9. The number of nitrogens with one attached hydrogen (secondary N) is 1. The third kappa shape index (κ3) is 6.02. The Morgan fingerprint density at radius 1 is 0.469 bits per heavy atom. The minimum absolute atomic E-state index is 0.464. The summed E-state index contributed by atoms with van der Waals surface area (Å²) in [6, 6.07) is 78.7. The van der Waals surface area contributed by atoms with Crippen molar-refractivity contribution < 1.29 is 0 Å². The first-order chi connectivity index (χ1) is 31.7. The second-order valence-electron chi connectivity index (χ2n) is 16.1. The van der Waals surface area contributed by atoms with Gasteiger partial charge in [-0.25, -0.2) is 9.98 Å². The molecular formula is C58H38N6. The van der Waals surface area contributed by atoms with Crippen LogP contribution in [0, 0.1) is 11.3 Å². The van der Waals surface area contributed by atoms with Crippen LogP contribution in [0.15, 0.2) is 228 Å². The first-order valence-electron chi connectivity index (χ1n) is 21.5. The van der Waals surface area contributed by atoms with Crippen molar-refractivity contribution in [1.82, 2.24) is 14.5 Å². The van der Waals surface area contributed by atoms with Gasteiger partial charge in [0.25, 0.3) is 0 Å². The van der Waals surface area contributed by atoms with Crippen molar-refractivity contribution >= 4 is 55.3 Å². The number of fused-ring (bicyclic) bond motifs is 6. The number of nitrogens with zero attached hydrogens (tertiary/aromatic N) is 5. The van der Waals surface area contributed by atoms with E-state index in [0.717, 1.165) is 99.8 Å². The fourth-order valence-corrected chi connectivity index (χ4v) is 9.63. The number of rotatable bonds is 7. The van der Waals surface area contributed by atoms with E-state index in [0.29, 0.717) is 11.4 Å². The Kier molecular flexibility index (Phi) is 8.84. The average molecular weight is 819 g/mol. The van der Waals surface area contributed by atoms with Gasteiger partial charge in [0.2, 0.25) is 0 Å². The fourth-order valence-electron chi connectivity index (χ4n) is 9.63. The largest absolute Gasteiger partial charge is 0.344 e. The third-order valence-electron chi connectivity index (χ3n) is 12.4. The lowest BCUT2D eigenvalue weighted by Crippen LogP contribution is -2.34. The van der Waals surface area contributed by atoms with E-state index < -0.39 is 6.17 Å². The van der Waals surface area contributed by atoms with Crippen molar-refractivity contribution in [3.8, 4) is 39.7 Å². The van der Waals surface area contributed by atoms with Crippen LogP contribution in [0.4, 0.5) is 0 Å². The van der Waals surface area contributed by atoms with Crippen LogP contribution in [0.5, 0.6) is 0 Å². The van der Waals surface area contributed by atoms with E-state index >= 15 is 0 Å². The summed E-state index contributed by atoms with van der Waals surface area (Å²) < 4.78 is 4.66. The summed E-state index contributed by atoms with van der Waals surface area (Å²) in [5.41, 5.74) is 14.2. The Hall–Kier alpha value is -8.79. The van der Waals surface area contributed by atoms with Crippen LogP contribution in [-0.4, -0.2) is 20.8 Å². The molecule has 3 heterocycles. The topological polar surface area (TPSA) is 70.4 Å². The van der Waals surface area contributed by atoms with Crippen molar-refractivity contribution in [2.24, 2.45) is 9.98 Å². The average Bonchev–Trinajstić information content (AvgIpc) is 3.91. The van der Waals surface area contributed by atoms with E-state index in [1.54, 1.807) is 0 Å². The summed E-state index contributed by atoms with van der Waals surface area (Å²) in [6.45, 7) is 0. The molecule has 9 aromatic carbocycles. The van der Waals surface area contributed by atoms with Crippen LogP contribution in [0.1, 0.15) is 28.4 Å². The summed E-state index contributed by atoms with van der Waals surface area (Å²) in [7, 11) is 0. The molecule has 12 rings (SSSR count). The van der Waals surface area contributed by atoms with Crippen LogP contribution >= 0.6 is 0 Å². The molecule has 0 radical (unpaired) electrons. The zero-order valence-electron chi connectivity index (χ0n) is 34.6. The molecule has 1 aliphatic rings. The van der Waals surface area contributed by atoms with Crippen LogP contribution in [-0.2, 0) is 0 Å². The van der Waals surface area contributed by atoms with Gasteiger partial charge in [-0.1, -0.05) is 176 Å². The smallest absolute Gasteiger partial charge is 0.159 e. The van der Waals surface area contributed by atoms with Gasteiger partial charge in [0.05, 0.1) is 33.3 Å². The first kappa shape index (κ1) is 37.0. The number of aliphatic imine (C=N–C) groups is 2. The lowest BCUT2D eigenvalue weighted by molar-refractivity contribution is 0.671. The summed E-state index contributed by atoms with van der Waals surface area (Å²) in [5, 5.41) is 18.7. The van der Waals surface area contributed by atoms with Crippen LogP contribution in [0.3, 0.4) is 0 Å². The molecule has 11 aromatic rings. The van der Waals surface area contributed by atoms with Crippen LogP contribution < -0.4 is 5.32 Å². The summed E-state index contributed by atoms with van der Waals surface area (Å²) >= 11 is 0. The van der Waals surface area contributed by atoms with Crippen molar-refractivity contribution in [3.63, 3.8) is 0 Å². The van der Waals surface area contributed by atoms with Crippen LogP contribution in [0.2, 0.25) is 0 Å². The molecule has 0 fully saturated rings. The van der Waals surface area contributed by atoms with Gasteiger partial charge in [-0.3, -0.25) is 0 Å².